The molecule has 3 heterocycles. The van der Waals surface area contributed by atoms with Crippen molar-refractivity contribution in [1.29, 1.82) is 0 Å². The quantitative estimate of drug-likeness (QED) is 0.384. The number of piperazine rings is 1. The summed E-state index contributed by atoms with van der Waals surface area (Å²) in [4.78, 5) is 21.0. The number of benzene rings is 2. The fourth-order valence-corrected chi connectivity index (χ4v) is 5.97. The topological polar surface area (TPSA) is 101 Å². The maximum absolute atomic E-state index is 14.5. The molecule has 0 radical (unpaired) electrons. The first-order valence-corrected chi connectivity index (χ1v) is 13.4. The zero-order chi connectivity index (χ0) is 26.9. The lowest BCUT2D eigenvalue weighted by Crippen LogP contribution is -2.49. The molecule has 39 heavy (non-hydrogen) atoms. The highest BCUT2D eigenvalue weighted by Gasteiger charge is 2.35. The molecule has 2 aliphatic rings. The number of halogens is 1. The molecule has 11 heteroatoms. The van der Waals surface area contributed by atoms with Gasteiger partial charge in [-0.15, -0.1) is 5.10 Å². The normalized spacial score (nSPS) is 17.6. The number of tetrazole rings is 1. The van der Waals surface area contributed by atoms with Gasteiger partial charge >= 0.3 is 0 Å². The summed E-state index contributed by atoms with van der Waals surface area (Å²) in [5.74, 6) is 1.54. The number of rotatable bonds is 7. The van der Waals surface area contributed by atoms with E-state index in [0.717, 1.165) is 31.1 Å². The first-order valence-electron chi connectivity index (χ1n) is 13.4. The van der Waals surface area contributed by atoms with Gasteiger partial charge in [0.2, 0.25) is 0 Å². The molecule has 0 unspecified atom stereocenters. The van der Waals surface area contributed by atoms with E-state index in [4.69, 9.17) is 9.47 Å². The Kier molecular flexibility index (Phi) is 6.90. The largest absolute Gasteiger partial charge is 0.493 e. The summed E-state index contributed by atoms with van der Waals surface area (Å²) in [7, 11) is 3.15. The van der Waals surface area contributed by atoms with Crippen molar-refractivity contribution in [3.8, 4) is 11.5 Å². The van der Waals surface area contributed by atoms with Gasteiger partial charge < -0.3 is 19.4 Å². The number of H-pyrrole nitrogens is 1. The number of aromatic nitrogens is 5. The van der Waals surface area contributed by atoms with E-state index in [0.29, 0.717) is 60.3 Å². The van der Waals surface area contributed by atoms with Gasteiger partial charge in [0.1, 0.15) is 11.9 Å². The molecule has 6 rings (SSSR count). The molecule has 10 nitrogen and oxygen atoms in total. The van der Waals surface area contributed by atoms with Gasteiger partial charge in [-0.05, 0) is 47.5 Å². The van der Waals surface area contributed by atoms with E-state index < -0.39 is 6.04 Å². The molecular formula is C28H32FN7O3. The maximum Gasteiger partial charge on any atom is 0.253 e. The highest BCUT2D eigenvalue weighted by atomic mass is 19.1. The van der Waals surface area contributed by atoms with Crippen molar-refractivity contribution in [2.45, 2.75) is 37.8 Å². The van der Waals surface area contributed by atoms with Gasteiger partial charge in [-0.25, -0.2) is 9.07 Å². The zero-order valence-electron chi connectivity index (χ0n) is 22.1. The monoisotopic (exact) mass is 533 g/mol. The Balaban J connectivity index is 1.41. The smallest absolute Gasteiger partial charge is 0.253 e. The number of methoxy groups -OCH3 is 2. The van der Waals surface area contributed by atoms with Gasteiger partial charge in [0.05, 0.1) is 31.5 Å². The van der Waals surface area contributed by atoms with E-state index in [-0.39, 0.29) is 17.4 Å². The van der Waals surface area contributed by atoms with Gasteiger partial charge in [-0.3, -0.25) is 9.69 Å². The number of hydrogen-bond acceptors (Lipinski definition) is 8. The summed E-state index contributed by atoms with van der Waals surface area (Å²) in [5.41, 5.74) is 1.59. The van der Waals surface area contributed by atoms with Crippen molar-refractivity contribution in [2.75, 3.05) is 45.3 Å². The van der Waals surface area contributed by atoms with E-state index in [2.05, 4.69) is 25.4 Å². The SMILES string of the molecule is COc1cc2cc([C@H](c3nnnn3C3CCCC3)N3CCN(c4ccccc4F)CC3)c(=O)[nH]c2cc1OC. The molecule has 2 aromatic heterocycles. The lowest BCUT2D eigenvalue weighted by Gasteiger charge is -2.39. The van der Waals surface area contributed by atoms with Crippen LogP contribution >= 0.6 is 0 Å². The third kappa shape index (κ3) is 4.71. The van der Waals surface area contributed by atoms with Gasteiger partial charge in [-0.2, -0.15) is 0 Å². The molecule has 1 aliphatic heterocycles. The number of anilines is 1. The number of nitrogens with one attached hydrogen (secondary N) is 1. The maximum atomic E-state index is 14.5. The zero-order valence-corrected chi connectivity index (χ0v) is 22.1. The van der Waals surface area contributed by atoms with Crippen molar-refractivity contribution in [1.82, 2.24) is 30.1 Å². The molecule has 1 N–H and O–H groups in total. The van der Waals surface area contributed by atoms with E-state index in [1.807, 2.05) is 27.8 Å². The van der Waals surface area contributed by atoms with Crippen LogP contribution in [0.5, 0.6) is 11.5 Å². The van der Waals surface area contributed by atoms with E-state index >= 15 is 0 Å². The van der Waals surface area contributed by atoms with Gasteiger partial charge in [0.25, 0.3) is 5.56 Å². The number of ether oxygens (including phenoxy) is 2. The average molecular weight is 534 g/mol. The van der Waals surface area contributed by atoms with Crippen LogP contribution in [0, 0.1) is 5.82 Å². The highest BCUT2D eigenvalue weighted by Crippen LogP contribution is 2.36. The summed E-state index contributed by atoms with van der Waals surface area (Å²) >= 11 is 0. The molecule has 1 atom stereocenters. The van der Waals surface area contributed by atoms with Crippen molar-refractivity contribution in [3.05, 3.63) is 70.0 Å². The summed E-state index contributed by atoms with van der Waals surface area (Å²) < 4.78 is 27.4. The number of para-hydroxylation sites is 1. The number of aromatic amines is 1. The molecule has 2 fully saturated rings. The standard InChI is InChI=1S/C28H32FN7O3/c1-38-24-16-18-15-20(28(37)30-22(18)17-25(24)39-2)26(27-31-32-33-36(27)19-7-3-4-8-19)35-13-11-34(12-14-35)23-10-6-5-9-21(23)29/h5-6,9-10,15-17,19,26H,3-4,7-8,11-14H2,1-2H3,(H,30,37)/t26-/m1/s1. The number of pyridine rings is 1. The second-order valence-electron chi connectivity index (χ2n) is 10.1. The minimum atomic E-state index is -0.468. The molecule has 204 valence electrons. The van der Waals surface area contributed by atoms with Gasteiger partial charge in [0.15, 0.2) is 17.3 Å². The summed E-state index contributed by atoms with van der Waals surface area (Å²) in [6.45, 7) is 2.44. The van der Waals surface area contributed by atoms with Crippen molar-refractivity contribution in [2.24, 2.45) is 0 Å². The fraction of sp³-hybridized carbons (Fsp3) is 0.429. The average Bonchev–Trinajstić information content (AvgIpc) is 3.66. The second kappa shape index (κ2) is 10.6. The van der Waals surface area contributed by atoms with E-state index in [1.165, 1.54) is 6.07 Å². The van der Waals surface area contributed by atoms with Crippen molar-refractivity contribution >= 4 is 16.6 Å². The summed E-state index contributed by atoms with van der Waals surface area (Å²) in [6.07, 6.45) is 4.29. The first-order chi connectivity index (χ1) is 19.1. The van der Waals surface area contributed by atoms with E-state index in [1.54, 1.807) is 32.4 Å². The Labute approximate surface area is 225 Å². The minimum Gasteiger partial charge on any atom is -0.493 e. The van der Waals surface area contributed by atoms with E-state index in [9.17, 15) is 9.18 Å². The predicted octanol–water partition coefficient (Wildman–Crippen LogP) is 3.70. The highest BCUT2D eigenvalue weighted by molar-refractivity contribution is 5.83. The Morgan fingerprint density at radius 2 is 1.72 bits per heavy atom. The lowest BCUT2D eigenvalue weighted by atomic mass is 10.0. The Morgan fingerprint density at radius 1 is 1.00 bits per heavy atom. The van der Waals surface area contributed by atoms with Crippen LogP contribution in [-0.4, -0.2) is 70.5 Å². The van der Waals surface area contributed by atoms with Crippen LogP contribution in [0.2, 0.25) is 0 Å². The third-order valence-corrected chi connectivity index (χ3v) is 7.98. The molecule has 1 saturated carbocycles. The minimum absolute atomic E-state index is 0.209. The summed E-state index contributed by atoms with van der Waals surface area (Å²) in [6, 6.07) is 12.1. The van der Waals surface area contributed by atoms with Crippen LogP contribution in [0.1, 0.15) is 49.2 Å². The Morgan fingerprint density at radius 3 is 2.44 bits per heavy atom. The van der Waals surface area contributed by atoms with Crippen LogP contribution in [0.15, 0.2) is 47.3 Å². The van der Waals surface area contributed by atoms with Crippen LogP contribution < -0.4 is 19.9 Å². The molecular weight excluding hydrogens is 501 g/mol. The number of fused-ring (bicyclic) bond motifs is 1. The van der Waals surface area contributed by atoms with Crippen LogP contribution in [0.4, 0.5) is 10.1 Å². The lowest BCUT2D eigenvalue weighted by molar-refractivity contribution is 0.196. The molecule has 2 aromatic carbocycles. The Hall–Kier alpha value is -3.99. The van der Waals surface area contributed by atoms with Crippen LogP contribution in [-0.2, 0) is 0 Å². The predicted molar refractivity (Wildman–Crippen MR) is 145 cm³/mol. The van der Waals surface area contributed by atoms with Gasteiger partial charge in [0, 0.05) is 43.2 Å². The van der Waals surface area contributed by atoms with Gasteiger partial charge in [-0.1, -0.05) is 25.0 Å². The number of nitrogens with zero attached hydrogens (tertiary/aromatic N) is 6. The Bertz CT molecular complexity index is 1520. The fourth-order valence-electron chi connectivity index (χ4n) is 5.97. The molecule has 1 aliphatic carbocycles. The van der Waals surface area contributed by atoms with Crippen molar-refractivity contribution < 1.29 is 13.9 Å². The van der Waals surface area contributed by atoms with Crippen LogP contribution in [0.25, 0.3) is 10.9 Å². The second-order valence-corrected chi connectivity index (χ2v) is 10.1. The number of hydrogen-bond donors (Lipinski definition) is 1. The molecule has 0 amide bonds. The molecule has 1 saturated heterocycles. The van der Waals surface area contributed by atoms with Crippen molar-refractivity contribution in [3.63, 3.8) is 0 Å². The third-order valence-electron chi connectivity index (χ3n) is 7.98. The molecule has 0 spiro atoms. The first kappa shape index (κ1) is 25.3. The molecule has 4 aromatic rings. The molecule has 0 bridgehead atoms. The van der Waals surface area contributed by atoms with Crippen LogP contribution in [0.3, 0.4) is 0 Å². The summed E-state index contributed by atoms with van der Waals surface area (Å²) in [5, 5.41) is 13.7.